The first-order valence-electron chi connectivity index (χ1n) is 10.1. The second-order valence-corrected chi connectivity index (χ2v) is 7.70. The highest BCUT2D eigenvalue weighted by Gasteiger charge is 2.30. The number of hydrogen-bond donors (Lipinski definition) is 0. The van der Waals surface area contributed by atoms with Gasteiger partial charge in [0.15, 0.2) is 5.65 Å². The van der Waals surface area contributed by atoms with Crippen LogP contribution in [-0.4, -0.2) is 56.7 Å². The average Bonchev–Trinajstić information content (AvgIpc) is 3.19. The minimum absolute atomic E-state index is 0.0000228. The molecule has 1 aliphatic rings. The molecule has 7 nitrogen and oxygen atoms in total. The van der Waals surface area contributed by atoms with Gasteiger partial charge in [-0.25, -0.2) is 14.6 Å². The minimum atomic E-state index is -0.0000228. The number of nitrogens with zero attached hydrogens (tertiary/aromatic N) is 6. The third-order valence-corrected chi connectivity index (χ3v) is 5.81. The Morgan fingerprint density at radius 2 is 1.97 bits per heavy atom. The zero-order valence-electron chi connectivity index (χ0n) is 16.8. The molecule has 1 aliphatic heterocycles. The summed E-state index contributed by atoms with van der Waals surface area (Å²) in [7, 11) is 0. The zero-order valence-corrected chi connectivity index (χ0v) is 17.5. The van der Waals surface area contributed by atoms with Crippen LogP contribution in [0, 0.1) is 5.92 Å². The molecule has 0 bridgehead atoms. The zero-order chi connectivity index (χ0) is 20.4. The highest BCUT2D eigenvalue weighted by molar-refractivity contribution is 6.30. The number of aromatic nitrogens is 4. The molecule has 0 spiro atoms. The number of rotatable bonds is 5. The lowest BCUT2D eigenvalue weighted by Crippen LogP contribution is -2.45. The van der Waals surface area contributed by atoms with Crippen LogP contribution in [0.1, 0.15) is 26.7 Å². The molecule has 0 unspecified atom stereocenters. The quantitative estimate of drug-likeness (QED) is 0.641. The SMILES string of the molecule is CCN(CC)C(=O)[C@H]1CCCN(c2ncnc3c2cnn3-c2ccc(Cl)cc2)C1. The standard InChI is InChI=1S/C21H25ClN6O/c1-3-26(4-2)21(29)15-6-5-11-27(13-15)19-18-12-25-28(20(18)24-14-23-19)17-9-7-16(22)8-10-17/h7-10,12,14-15H,3-6,11,13H2,1-2H3/t15-/m0/s1. The van der Waals surface area contributed by atoms with Crippen molar-refractivity contribution >= 4 is 34.4 Å². The summed E-state index contributed by atoms with van der Waals surface area (Å²) in [4.78, 5) is 26.0. The van der Waals surface area contributed by atoms with Gasteiger partial charge in [0, 0.05) is 31.2 Å². The van der Waals surface area contributed by atoms with Gasteiger partial charge in [-0.2, -0.15) is 5.10 Å². The Morgan fingerprint density at radius 3 is 2.69 bits per heavy atom. The van der Waals surface area contributed by atoms with E-state index in [-0.39, 0.29) is 11.8 Å². The van der Waals surface area contributed by atoms with Crippen LogP contribution in [0.5, 0.6) is 0 Å². The van der Waals surface area contributed by atoms with Crippen LogP contribution < -0.4 is 4.90 Å². The molecule has 1 aromatic carbocycles. The summed E-state index contributed by atoms with van der Waals surface area (Å²) in [6, 6.07) is 7.49. The number of fused-ring (bicyclic) bond motifs is 1. The predicted molar refractivity (Wildman–Crippen MR) is 115 cm³/mol. The number of piperidine rings is 1. The molecule has 0 saturated carbocycles. The fourth-order valence-electron chi connectivity index (χ4n) is 4.02. The molecule has 0 aliphatic carbocycles. The molecular weight excluding hydrogens is 388 g/mol. The molecule has 1 saturated heterocycles. The topological polar surface area (TPSA) is 67.2 Å². The van der Waals surface area contributed by atoms with E-state index in [9.17, 15) is 4.79 Å². The van der Waals surface area contributed by atoms with Gasteiger partial charge in [0.2, 0.25) is 5.91 Å². The van der Waals surface area contributed by atoms with E-state index in [4.69, 9.17) is 11.6 Å². The smallest absolute Gasteiger partial charge is 0.227 e. The molecule has 8 heteroatoms. The number of amides is 1. The molecule has 29 heavy (non-hydrogen) atoms. The van der Waals surface area contributed by atoms with Gasteiger partial charge < -0.3 is 9.80 Å². The number of hydrogen-bond acceptors (Lipinski definition) is 5. The van der Waals surface area contributed by atoms with Gasteiger partial charge in [0.05, 0.1) is 23.2 Å². The van der Waals surface area contributed by atoms with Gasteiger partial charge in [-0.05, 0) is 51.0 Å². The van der Waals surface area contributed by atoms with Crippen LogP contribution in [0.2, 0.25) is 5.02 Å². The number of halogens is 1. The Bertz CT molecular complexity index is 998. The minimum Gasteiger partial charge on any atom is -0.355 e. The van der Waals surface area contributed by atoms with E-state index in [1.54, 1.807) is 17.2 Å². The molecule has 2 aromatic heterocycles. The molecule has 1 atom stereocenters. The Morgan fingerprint density at radius 1 is 1.21 bits per heavy atom. The lowest BCUT2D eigenvalue weighted by Gasteiger charge is -2.35. The Labute approximate surface area is 175 Å². The Kier molecular flexibility index (Phi) is 5.67. The van der Waals surface area contributed by atoms with Crippen molar-refractivity contribution in [2.24, 2.45) is 5.92 Å². The van der Waals surface area contributed by atoms with Gasteiger partial charge in [0.25, 0.3) is 0 Å². The van der Waals surface area contributed by atoms with Crippen LogP contribution in [0.4, 0.5) is 5.82 Å². The maximum atomic E-state index is 12.9. The van der Waals surface area contributed by atoms with E-state index in [2.05, 4.69) is 20.0 Å². The monoisotopic (exact) mass is 412 g/mol. The number of carbonyl (C=O) groups excluding carboxylic acids is 1. The third-order valence-electron chi connectivity index (χ3n) is 5.56. The molecule has 152 valence electrons. The first-order chi connectivity index (χ1) is 14.1. The number of benzene rings is 1. The molecule has 3 heterocycles. The van der Waals surface area contributed by atoms with E-state index in [0.717, 1.165) is 55.0 Å². The summed E-state index contributed by atoms with van der Waals surface area (Å²) in [6.07, 6.45) is 5.26. The molecule has 3 aromatic rings. The van der Waals surface area contributed by atoms with E-state index in [1.807, 2.05) is 43.0 Å². The second kappa shape index (κ2) is 8.37. The van der Waals surface area contributed by atoms with Crippen LogP contribution >= 0.6 is 11.6 Å². The van der Waals surface area contributed by atoms with Crippen molar-refractivity contribution in [3.63, 3.8) is 0 Å². The van der Waals surface area contributed by atoms with Crippen molar-refractivity contribution in [2.75, 3.05) is 31.1 Å². The van der Waals surface area contributed by atoms with E-state index in [0.29, 0.717) is 11.6 Å². The van der Waals surface area contributed by atoms with Crippen molar-refractivity contribution in [3.05, 3.63) is 41.8 Å². The summed E-state index contributed by atoms with van der Waals surface area (Å²) in [6.45, 7) is 7.10. The Hall–Kier alpha value is -2.67. The highest BCUT2D eigenvalue weighted by atomic mass is 35.5. The maximum Gasteiger partial charge on any atom is 0.227 e. The van der Waals surface area contributed by atoms with Gasteiger partial charge in [0.1, 0.15) is 12.1 Å². The molecule has 0 N–H and O–H groups in total. The second-order valence-electron chi connectivity index (χ2n) is 7.26. The lowest BCUT2D eigenvalue weighted by atomic mass is 9.96. The largest absolute Gasteiger partial charge is 0.355 e. The normalized spacial score (nSPS) is 16.9. The first kappa shape index (κ1) is 19.6. The fraction of sp³-hybridized carbons (Fsp3) is 0.429. The van der Waals surface area contributed by atoms with Gasteiger partial charge >= 0.3 is 0 Å². The maximum absolute atomic E-state index is 12.9. The van der Waals surface area contributed by atoms with Crippen LogP contribution in [-0.2, 0) is 4.79 Å². The summed E-state index contributed by atoms with van der Waals surface area (Å²) in [5.41, 5.74) is 1.64. The van der Waals surface area contributed by atoms with Crippen LogP contribution in [0.15, 0.2) is 36.8 Å². The highest BCUT2D eigenvalue weighted by Crippen LogP contribution is 2.29. The van der Waals surface area contributed by atoms with Crippen molar-refractivity contribution in [1.29, 1.82) is 0 Å². The van der Waals surface area contributed by atoms with Crippen molar-refractivity contribution < 1.29 is 4.79 Å². The summed E-state index contributed by atoms with van der Waals surface area (Å²) >= 11 is 6.01. The fourth-order valence-corrected chi connectivity index (χ4v) is 4.15. The molecule has 0 radical (unpaired) electrons. The van der Waals surface area contributed by atoms with Crippen molar-refractivity contribution in [1.82, 2.24) is 24.6 Å². The number of carbonyl (C=O) groups is 1. The van der Waals surface area contributed by atoms with Gasteiger partial charge in [-0.1, -0.05) is 11.6 Å². The number of anilines is 1. The Balaban J connectivity index is 1.64. The third kappa shape index (κ3) is 3.79. The predicted octanol–water partition coefficient (Wildman–Crippen LogP) is 3.55. The van der Waals surface area contributed by atoms with Crippen molar-refractivity contribution in [3.8, 4) is 5.69 Å². The van der Waals surface area contributed by atoms with Crippen LogP contribution in [0.25, 0.3) is 16.7 Å². The summed E-state index contributed by atoms with van der Waals surface area (Å²) < 4.78 is 1.79. The summed E-state index contributed by atoms with van der Waals surface area (Å²) in [5, 5.41) is 6.09. The molecule has 1 fully saturated rings. The van der Waals surface area contributed by atoms with Crippen molar-refractivity contribution in [2.45, 2.75) is 26.7 Å². The van der Waals surface area contributed by atoms with E-state index >= 15 is 0 Å². The molecular formula is C21H25ClN6O. The molecule has 1 amide bonds. The lowest BCUT2D eigenvalue weighted by molar-refractivity contribution is -0.135. The van der Waals surface area contributed by atoms with E-state index < -0.39 is 0 Å². The van der Waals surface area contributed by atoms with Crippen LogP contribution in [0.3, 0.4) is 0 Å². The summed E-state index contributed by atoms with van der Waals surface area (Å²) in [5.74, 6) is 1.08. The molecule has 4 rings (SSSR count). The van der Waals surface area contributed by atoms with E-state index in [1.165, 1.54) is 0 Å². The average molecular weight is 413 g/mol. The van der Waals surface area contributed by atoms with Gasteiger partial charge in [-0.3, -0.25) is 4.79 Å². The first-order valence-corrected chi connectivity index (χ1v) is 10.5. The van der Waals surface area contributed by atoms with Gasteiger partial charge in [-0.15, -0.1) is 0 Å².